The molecule has 2 aromatic carbocycles. The molecule has 1 atom stereocenters. The predicted octanol–water partition coefficient (Wildman–Crippen LogP) is 3.74. The van der Waals surface area contributed by atoms with Crippen molar-refractivity contribution in [2.75, 3.05) is 0 Å². The van der Waals surface area contributed by atoms with E-state index >= 15 is 0 Å². The lowest BCUT2D eigenvalue weighted by Crippen LogP contribution is -2.36. The highest BCUT2D eigenvalue weighted by Crippen LogP contribution is 2.25. The van der Waals surface area contributed by atoms with Crippen molar-refractivity contribution >= 4 is 16.0 Å². The number of nitrogens with zero attached hydrogens (tertiary/aromatic N) is 1. The number of halogens is 1. The average molecular weight is 379 g/mol. The van der Waals surface area contributed by atoms with Crippen LogP contribution in [0.25, 0.3) is 0 Å². The minimum Gasteiger partial charge on any atom is -0.379 e. The lowest BCUT2D eigenvalue weighted by Gasteiger charge is -2.28. The Morgan fingerprint density at radius 3 is 2.35 bits per heavy atom. The fourth-order valence-corrected chi connectivity index (χ4v) is 3.43. The summed E-state index contributed by atoms with van der Waals surface area (Å²) >= 11 is 0. The van der Waals surface area contributed by atoms with Crippen molar-refractivity contribution in [1.82, 2.24) is 4.90 Å². The number of hydrogen-bond acceptors (Lipinski definition) is 4. The number of rotatable bonds is 7. The molecule has 0 aliphatic carbocycles. The van der Waals surface area contributed by atoms with Crippen LogP contribution in [-0.2, 0) is 21.5 Å². The zero-order valence-corrected chi connectivity index (χ0v) is 15.8. The van der Waals surface area contributed by atoms with Crippen LogP contribution >= 0.6 is 0 Å². The molecule has 2 aromatic rings. The third-order valence-corrected chi connectivity index (χ3v) is 5.39. The number of carbonyl (C=O) groups is 1. The normalized spacial score (nSPS) is 12.5. The summed E-state index contributed by atoms with van der Waals surface area (Å²) in [5.41, 5.74) is 0.577. The van der Waals surface area contributed by atoms with Crippen molar-refractivity contribution in [1.29, 1.82) is 0 Å². The Morgan fingerprint density at radius 2 is 1.77 bits per heavy atom. The first-order valence-corrected chi connectivity index (χ1v) is 9.70. The molecule has 0 saturated carbocycles. The molecule has 7 heteroatoms. The maximum atomic E-state index is 13.0. The quantitative estimate of drug-likeness (QED) is 0.688. The van der Waals surface area contributed by atoms with Gasteiger partial charge in [0.15, 0.2) is 0 Å². The molecule has 26 heavy (non-hydrogen) atoms. The predicted molar refractivity (Wildman–Crippen MR) is 96.6 cm³/mol. The zero-order valence-electron chi connectivity index (χ0n) is 15.0. The van der Waals surface area contributed by atoms with E-state index in [4.69, 9.17) is 4.18 Å². The molecule has 0 fully saturated rings. The summed E-state index contributed by atoms with van der Waals surface area (Å²) in [6, 6.07) is 11.1. The van der Waals surface area contributed by atoms with Crippen molar-refractivity contribution in [2.45, 2.75) is 44.7 Å². The Kier molecular flexibility index (Phi) is 6.37. The molecular weight excluding hydrogens is 357 g/mol. The van der Waals surface area contributed by atoms with Crippen LogP contribution in [0.5, 0.6) is 5.75 Å². The van der Waals surface area contributed by atoms with Crippen LogP contribution in [0.2, 0.25) is 0 Å². The summed E-state index contributed by atoms with van der Waals surface area (Å²) in [6.45, 7) is 5.62. The van der Waals surface area contributed by atoms with Crippen LogP contribution in [0.1, 0.15) is 32.8 Å². The molecule has 0 aliphatic heterocycles. The summed E-state index contributed by atoms with van der Waals surface area (Å²) < 4.78 is 43.2. The second kappa shape index (κ2) is 8.31. The van der Waals surface area contributed by atoms with Crippen LogP contribution < -0.4 is 4.18 Å². The summed E-state index contributed by atoms with van der Waals surface area (Å²) in [6.07, 6.45) is 0.774. The number of para-hydroxylation sites is 1. The van der Waals surface area contributed by atoms with Crippen LogP contribution in [-0.4, -0.2) is 25.3 Å². The van der Waals surface area contributed by atoms with Gasteiger partial charge in [-0.3, -0.25) is 4.79 Å². The first-order valence-electron chi connectivity index (χ1n) is 8.29. The van der Waals surface area contributed by atoms with Crippen molar-refractivity contribution < 1.29 is 21.8 Å². The maximum Gasteiger partial charge on any atom is 0.339 e. The molecule has 5 nitrogen and oxygen atoms in total. The van der Waals surface area contributed by atoms with E-state index in [1.54, 1.807) is 23.1 Å². The molecule has 0 heterocycles. The van der Waals surface area contributed by atoms with Gasteiger partial charge in [0.05, 0.1) is 0 Å². The Balaban J connectivity index is 2.31. The van der Waals surface area contributed by atoms with E-state index < -0.39 is 15.9 Å². The first kappa shape index (κ1) is 19.9. The standard InChI is InChI=1S/C19H22FNO4S/c1-4-14(2)21(15(3)22)13-16-7-5-6-8-19(16)25-26(23,24)18-11-9-17(20)10-12-18/h5-12,14H,4,13H2,1-3H3. The molecule has 0 radical (unpaired) electrons. The second-order valence-corrected chi connectivity index (χ2v) is 7.55. The number of carbonyl (C=O) groups excluding carboxylic acids is 1. The maximum absolute atomic E-state index is 13.0. The topological polar surface area (TPSA) is 63.7 Å². The van der Waals surface area contributed by atoms with Gasteiger partial charge in [-0.05, 0) is 43.7 Å². The molecule has 0 aromatic heterocycles. The zero-order chi connectivity index (χ0) is 19.3. The third kappa shape index (κ3) is 4.82. The third-order valence-electron chi connectivity index (χ3n) is 4.14. The van der Waals surface area contributed by atoms with E-state index in [1.165, 1.54) is 13.0 Å². The van der Waals surface area contributed by atoms with Crippen molar-refractivity contribution in [2.24, 2.45) is 0 Å². The number of hydrogen-bond donors (Lipinski definition) is 0. The Labute approximate surface area is 153 Å². The fraction of sp³-hybridized carbons (Fsp3) is 0.316. The molecular formula is C19H22FNO4S. The minimum atomic E-state index is -4.10. The van der Waals surface area contributed by atoms with Crippen LogP contribution in [0.3, 0.4) is 0 Å². The number of amides is 1. The fourth-order valence-electron chi connectivity index (χ4n) is 2.46. The monoisotopic (exact) mass is 379 g/mol. The Bertz CT molecular complexity index is 865. The lowest BCUT2D eigenvalue weighted by molar-refractivity contribution is -0.131. The van der Waals surface area contributed by atoms with Crippen LogP contribution in [0.4, 0.5) is 4.39 Å². The van der Waals surface area contributed by atoms with Crippen molar-refractivity contribution in [3.8, 4) is 5.75 Å². The highest BCUT2D eigenvalue weighted by molar-refractivity contribution is 7.87. The van der Waals surface area contributed by atoms with E-state index in [9.17, 15) is 17.6 Å². The number of benzene rings is 2. The van der Waals surface area contributed by atoms with Crippen molar-refractivity contribution in [3.63, 3.8) is 0 Å². The van der Waals surface area contributed by atoms with Gasteiger partial charge in [0, 0.05) is 25.1 Å². The van der Waals surface area contributed by atoms with Gasteiger partial charge >= 0.3 is 10.1 Å². The van der Waals surface area contributed by atoms with Crippen LogP contribution in [0.15, 0.2) is 53.4 Å². The molecule has 2 rings (SSSR count). The molecule has 140 valence electrons. The summed E-state index contributed by atoms with van der Waals surface area (Å²) in [7, 11) is -4.10. The first-order chi connectivity index (χ1) is 12.2. The van der Waals surface area contributed by atoms with E-state index in [-0.39, 0.29) is 29.1 Å². The van der Waals surface area contributed by atoms with E-state index in [0.717, 1.165) is 30.7 Å². The second-order valence-electron chi connectivity index (χ2n) is 6.00. The molecule has 1 amide bonds. The minimum absolute atomic E-state index is 0.00858. The van der Waals surface area contributed by atoms with Gasteiger partial charge in [-0.15, -0.1) is 0 Å². The van der Waals surface area contributed by atoms with E-state index in [2.05, 4.69) is 0 Å². The average Bonchev–Trinajstić information content (AvgIpc) is 2.60. The van der Waals surface area contributed by atoms with Gasteiger partial charge in [-0.25, -0.2) is 4.39 Å². The highest BCUT2D eigenvalue weighted by atomic mass is 32.2. The highest BCUT2D eigenvalue weighted by Gasteiger charge is 2.21. The van der Waals surface area contributed by atoms with E-state index in [1.807, 2.05) is 13.8 Å². The van der Waals surface area contributed by atoms with Gasteiger partial charge in [-0.2, -0.15) is 8.42 Å². The Hall–Kier alpha value is -2.41. The molecule has 0 spiro atoms. The van der Waals surface area contributed by atoms with Gasteiger partial charge < -0.3 is 9.08 Å². The largest absolute Gasteiger partial charge is 0.379 e. The Morgan fingerprint density at radius 1 is 1.15 bits per heavy atom. The lowest BCUT2D eigenvalue weighted by atomic mass is 10.1. The van der Waals surface area contributed by atoms with E-state index in [0.29, 0.717) is 5.56 Å². The van der Waals surface area contributed by atoms with Crippen molar-refractivity contribution in [3.05, 3.63) is 59.9 Å². The SMILES string of the molecule is CCC(C)N(Cc1ccccc1OS(=O)(=O)c1ccc(F)cc1)C(C)=O. The molecule has 0 aliphatic rings. The molecule has 0 N–H and O–H groups in total. The molecule has 0 saturated heterocycles. The molecule has 0 bridgehead atoms. The van der Waals surface area contributed by atoms with Gasteiger partial charge in [-0.1, -0.05) is 25.1 Å². The summed E-state index contributed by atoms with van der Waals surface area (Å²) in [5, 5.41) is 0. The summed E-state index contributed by atoms with van der Waals surface area (Å²) in [5.74, 6) is -0.489. The smallest absolute Gasteiger partial charge is 0.339 e. The van der Waals surface area contributed by atoms with Crippen LogP contribution in [0, 0.1) is 5.82 Å². The summed E-state index contributed by atoms with van der Waals surface area (Å²) in [4.78, 5) is 13.4. The molecule has 1 unspecified atom stereocenters. The van der Waals surface area contributed by atoms with Gasteiger partial charge in [0.2, 0.25) is 5.91 Å². The van der Waals surface area contributed by atoms with Gasteiger partial charge in [0.1, 0.15) is 16.5 Å². The van der Waals surface area contributed by atoms with Gasteiger partial charge in [0.25, 0.3) is 0 Å².